The highest BCUT2D eigenvalue weighted by molar-refractivity contribution is 5.15. The zero-order valence-corrected chi connectivity index (χ0v) is 8.98. The van der Waals surface area contributed by atoms with Crippen LogP contribution in [0.2, 0.25) is 0 Å². The fourth-order valence-corrected chi connectivity index (χ4v) is 1.86. The van der Waals surface area contributed by atoms with Gasteiger partial charge >= 0.3 is 0 Å². The molecule has 1 N–H and O–H groups in total. The molecule has 0 saturated carbocycles. The van der Waals surface area contributed by atoms with Crippen LogP contribution >= 0.6 is 0 Å². The van der Waals surface area contributed by atoms with E-state index in [0.717, 1.165) is 12.8 Å². The van der Waals surface area contributed by atoms with Crippen LogP contribution in [0.5, 0.6) is 0 Å². The molecule has 0 aliphatic carbocycles. The summed E-state index contributed by atoms with van der Waals surface area (Å²) in [6, 6.07) is 10.6. The molecule has 0 spiro atoms. The zero-order chi connectivity index (χ0) is 10.5. The summed E-state index contributed by atoms with van der Waals surface area (Å²) >= 11 is 0. The first-order valence-corrected chi connectivity index (χ1v) is 5.36. The van der Waals surface area contributed by atoms with Gasteiger partial charge in [0.1, 0.15) is 0 Å². The summed E-state index contributed by atoms with van der Waals surface area (Å²) in [6.45, 7) is 2.27. The lowest BCUT2D eigenvalue weighted by Gasteiger charge is -2.09. The van der Waals surface area contributed by atoms with Crippen LogP contribution < -0.4 is 0 Å². The van der Waals surface area contributed by atoms with Gasteiger partial charge in [-0.3, -0.25) is 0 Å². The minimum absolute atomic E-state index is 0. The first kappa shape index (κ1) is 9.97. The Morgan fingerprint density at radius 1 is 1.27 bits per heavy atom. The van der Waals surface area contributed by atoms with Crippen molar-refractivity contribution in [1.29, 1.82) is 0 Å². The second-order valence-corrected chi connectivity index (χ2v) is 4.08. The normalized spacial score (nSPS) is 12.6. The number of hydrogen-bond acceptors (Lipinski definition) is 1. The molecule has 80 valence electrons. The highest BCUT2D eigenvalue weighted by Gasteiger charge is 2.05. The monoisotopic (exact) mass is 202 g/mol. The minimum Gasteiger partial charge on any atom is -0.348 e. The predicted molar refractivity (Wildman–Crippen MR) is 63.7 cm³/mol. The van der Waals surface area contributed by atoms with Crippen LogP contribution in [0, 0.1) is 5.92 Å². The summed E-state index contributed by atoms with van der Waals surface area (Å²) in [7, 11) is 0. The van der Waals surface area contributed by atoms with E-state index < -0.39 is 0 Å². The van der Waals surface area contributed by atoms with Gasteiger partial charge in [-0.2, -0.15) is 0 Å². The zero-order valence-electron chi connectivity index (χ0n) is 8.98. The molecule has 0 radical (unpaired) electrons. The van der Waals surface area contributed by atoms with Gasteiger partial charge in [0.25, 0.3) is 0 Å². The van der Waals surface area contributed by atoms with Crippen LogP contribution in [0.1, 0.15) is 19.6 Å². The van der Waals surface area contributed by atoms with Gasteiger partial charge in [-0.15, -0.1) is 0 Å². The number of rotatable bonds is 4. The van der Waals surface area contributed by atoms with Crippen molar-refractivity contribution in [3.8, 4) is 0 Å². The number of H-pyrrole nitrogens is 1. The fourth-order valence-electron chi connectivity index (χ4n) is 1.86. The second-order valence-electron chi connectivity index (χ2n) is 4.08. The Labute approximate surface area is 91.9 Å². The Bertz CT molecular complexity index is 384. The molecule has 2 heteroatoms. The third-order valence-corrected chi connectivity index (χ3v) is 2.55. The van der Waals surface area contributed by atoms with E-state index in [1.54, 1.807) is 6.33 Å². The average Bonchev–Trinajstić information content (AvgIpc) is 2.71. The quantitative estimate of drug-likeness (QED) is 0.811. The molecule has 0 aliphatic heterocycles. The third-order valence-electron chi connectivity index (χ3n) is 2.55. The van der Waals surface area contributed by atoms with Crippen molar-refractivity contribution in [2.75, 3.05) is 0 Å². The molecular weight excluding hydrogens is 184 g/mol. The van der Waals surface area contributed by atoms with Crippen LogP contribution in [0.15, 0.2) is 42.9 Å². The summed E-state index contributed by atoms with van der Waals surface area (Å²) in [5, 5.41) is 0. The summed E-state index contributed by atoms with van der Waals surface area (Å²) in [5.74, 6) is 0.646. The van der Waals surface area contributed by atoms with Gasteiger partial charge in [0.15, 0.2) is 0 Å². The Balaban J connectivity index is 0.00000128. The summed E-state index contributed by atoms with van der Waals surface area (Å²) in [4.78, 5) is 7.17. The maximum Gasteiger partial charge on any atom is 0.0921 e. The molecule has 2 rings (SSSR count). The van der Waals surface area contributed by atoms with Crippen molar-refractivity contribution in [2.45, 2.75) is 19.8 Å². The highest BCUT2D eigenvalue weighted by atomic mass is 14.9. The number of benzene rings is 1. The molecule has 1 unspecified atom stereocenters. The number of nitrogens with zero attached hydrogens (tertiary/aromatic N) is 1. The van der Waals surface area contributed by atoms with E-state index in [0.29, 0.717) is 5.92 Å². The number of aromatic amines is 1. The van der Waals surface area contributed by atoms with Crippen molar-refractivity contribution in [1.82, 2.24) is 9.97 Å². The van der Waals surface area contributed by atoms with Gasteiger partial charge in [-0.05, 0) is 24.3 Å². The molecule has 0 saturated heterocycles. The summed E-state index contributed by atoms with van der Waals surface area (Å²) in [6.07, 6.45) is 5.83. The smallest absolute Gasteiger partial charge is 0.0921 e. The molecular formula is C13H18N2. The average molecular weight is 202 g/mol. The molecule has 1 aromatic carbocycles. The maximum absolute atomic E-state index is 4.03. The second kappa shape index (κ2) is 4.78. The molecule has 0 aliphatic rings. The van der Waals surface area contributed by atoms with E-state index in [-0.39, 0.29) is 1.43 Å². The summed E-state index contributed by atoms with van der Waals surface area (Å²) in [5.41, 5.74) is 2.63. The molecule has 1 aromatic heterocycles. The van der Waals surface area contributed by atoms with Crippen LogP contribution in [-0.2, 0) is 12.8 Å². The van der Waals surface area contributed by atoms with E-state index in [9.17, 15) is 0 Å². The SMILES string of the molecule is CC(Cc1ccccc1)Cc1cnc[nH]1.[HH]. The van der Waals surface area contributed by atoms with Crippen LogP contribution in [0.25, 0.3) is 0 Å². The Kier molecular flexibility index (Phi) is 3.18. The highest BCUT2D eigenvalue weighted by Crippen LogP contribution is 2.12. The van der Waals surface area contributed by atoms with Crippen molar-refractivity contribution in [3.05, 3.63) is 54.1 Å². The maximum atomic E-state index is 4.03. The Hall–Kier alpha value is -1.57. The van der Waals surface area contributed by atoms with Gasteiger partial charge < -0.3 is 4.98 Å². The van der Waals surface area contributed by atoms with Crippen molar-refractivity contribution in [3.63, 3.8) is 0 Å². The number of nitrogens with one attached hydrogen (secondary N) is 1. The number of hydrogen-bond donors (Lipinski definition) is 1. The minimum atomic E-state index is 0. The van der Waals surface area contributed by atoms with Crippen LogP contribution in [0.4, 0.5) is 0 Å². The van der Waals surface area contributed by atoms with E-state index in [1.807, 2.05) is 6.20 Å². The predicted octanol–water partition coefficient (Wildman–Crippen LogP) is 3.08. The third kappa shape index (κ3) is 2.94. The Morgan fingerprint density at radius 2 is 2.07 bits per heavy atom. The van der Waals surface area contributed by atoms with Crippen molar-refractivity contribution in [2.24, 2.45) is 5.92 Å². The number of imidazole rings is 1. The van der Waals surface area contributed by atoms with Crippen LogP contribution in [-0.4, -0.2) is 9.97 Å². The van der Waals surface area contributed by atoms with Gasteiger partial charge in [0.2, 0.25) is 0 Å². The molecule has 1 heterocycles. The fraction of sp³-hybridized carbons (Fsp3) is 0.308. The number of aromatic nitrogens is 2. The van der Waals surface area contributed by atoms with E-state index in [1.165, 1.54) is 11.3 Å². The molecule has 15 heavy (non-hydrogen) atoms. The Morgan fingerprint density at radius 3 is 2.73 bits per heavy atom. The lowest BCUT2D eigenvalue weighted by Crippen LogP contribution is -2.03. The standard InChI is InChI=1S/C13H16N2.H2/c1-11(8-13-9-14-10-15-13)7-12-5-3-2-4-6-12;/h2-6,9-11H,7-8H2,1H3,(H,14,15);1H. The van der Waals surface area contributed by atoms with Crippen molar-refractivity contribution >= 4 is 0 Å². The van der Waals surface area contributed by atoms with E-state index in [4.69, 9.17) is 0 Å². The van der Waals surface area contributed by atoms with Crippen LogP contribution in [0.3, 0.4) is 0 Å². The lowest BCUT2D eigenvalue weighted by atomic mass is 9.97. The van der Waals surface area contributed by atoms with Gasteiger partial charge in [-0.25, -0.2) is 4.98 Å². The van der Waals surface area contributed by atoms with Gasteiger partial charge in [0, 0.05) is 13.3 Å². The molecule has 2 nitrogen and oxygen atoms in total. The van der Waals surface area contributed by atoms with Gasteiger partial charge in [-0.1, -0.05) is 37.3 Å². The molecule has 2 aromatic rings. The molecule has 1 atom stereocenters. The van der Waals surface area contributed by atoms with Crippen molar-refractivity contribution < 1.29 is 1.43 Å². The first-order chi connectivity index (χ1) is 7.34. The van der Waals surface area contributed by atoms with E-state index >= 15 is 0 Å². The molecule has 0 fully saturated rings. The summed E-state index contributed by atoms with van der Waals surface area (Å²) < 4.78 is 0. The largest absolute Gasteiger partial charge is 0.348 e. The molecule has 0 bridgehead atoms. The molecule has 0 amide bonds. The van der Waals surface area contributed by atoms with Gasteiger partial charge in [0.05, 0.1) is 6.33 Å². The lowest BCUT2D eigenvalue weighted by molar-refractivity contribution is 0.570. The first-order valence-electron chi connectivity index (χ1n) is 5.36. The topological polar surface area (TPSA) is 28.7 Å². The van der Waals surface area contributed by atoms with E-state index in [2.05, 4.69) is 47.2 Å².